The first-order valence-corrected chi connectivity index (χ1v) is 5.92. The van der Waals surface area contributed by atoms with Gasteiger partial charge in [-0.3, -0.25) is 9.69 Å². The highest BCUT2D eigenvalue weighted by Gasteiger charge is 2.38. The van der Waals surface area contributed by atoms with E-state index in [2.05, 4.69) is 37.9 Å². The Bertz CT molecular complexity index is 262. The number of carbonyl (C=O) groups is 1. The molecule has 1 heterocycles. The van der Waals surface area contributed by atoms with E-state index >= 15 is 0 Å². The zero-order chi connectivity index (χ0) is 12.4. The summed E-state index contributed by atoms with van der Waals surface area (Å²) in [6.07, 6.45) is 0. The van der Waals surface area contributed by atoms with Gasteiger partial charge in [-0.15, -0.1) is 0 Å². The molecular weight excluding hydrogens is 204 g/mol. The Morgan fingerprint density at radius 2 is 2.00 bits per heavy atom. The first kappa shape index (κ1) is 13.5. The summed E-state index contributed by atoms with van der Waals surface area (Å²) in [7, 11) is 0. The van der Waals surface area contributed by atoms with E-state index < -0.39 is 0 Å². The summed E-state index contributed by atoms with van der Waals surface area (Å²) in [6.45, 7) is 13.0. The zero-order valence-electron chi connectivity index (χ0n) is 11.1. The molecule has 94 valence electrons. The fraction of sp³-hybridized carbons (Fsp3) is 0.917. The van der Waals surface area contributed by atoms with Gasteiger partial charge < -0.3 is 10.1 Å². The standard InChI is InChI=1S/C12H24N2O2/c1-6-16-10(15)7-14-9-11(2,3)13-8-12(14,4)5/h13H,6-9H2,1-5H3. The summed E-state index contributed by atoms with van der Waals surface area (Å²) in [5.41, 5.74) is 0.0598. The number of esters is 1. The smallest absolute Gasteiger partial charge is 0.320 e. The van der Waals surface area contributed by atoms with Crippen LogP contribution in [0.4, 0.5) is 0 Å². The summed E-state index contributed by atoms with van der Waals surface area (Å²) in [5, 5.41) is 3.49. The molecular formula is C12H24N2O2. The molecule has 0 bridgehead atoms. The van der Waals surface area contributed by atoms with Gasteiger partial charge >= 0.3 is 5.97 Å². The number of hydrogen-bond donors (Lipinski definition) is 1. The van der Waals surface area contributed by atoms with Crippen LogP contribution in [0, 0.1) is 0 Å². The maximum atomic E-state index is 11.5. The van der Waals surface area contributed by atoms with Crippen LogP contribution in [0.15, 0.2) is 0 Å². The van der Waals surface area contributed by atoms with Crippen molar-refractivity contribution < 1.29 is 9.53 Å². The highest BCUT2D eigenvalue weighted by Crippen LogP contribution is 2.22. The summed E-state index contributed by atoms with van der Waals surface area (Å²) < 4.78 is 5.01. The van der Waals surface area contributed by atoms with Crippen molar-refractivity contribution >= 4 is 5.97 Å². The van der Waals surface area contributed by atoms with Crippen molar-refractivity contribution in [2.45, 2.75) is 45.7 Å². The van der Waals surface area contributed by atoms with E-state index in [9.17, 15) is 4.79 Å². The molecule has 1 aliphatic rings. The van der Waals surface area contributed by atoms with Gasteiger partial charge in [0, 0.05) is 24.2 Å². The average Bonchev–Trinajstić information content (AvgIpc) is 2.12. The Morgan fingerprint density at radius 1 is 1.38 bits per heavy atom. The third-order valence-electron chi connectivity index (χ3n) is 3.07. The van der Waals surface area contributed by atoms with Crippen LogP contribution >= 0.6 is 0 Å². The lowest BCUT2D eigenvalue weighted by Crippen LogP contribution is -2.66. The SMILES string of the molecule is CCOC(=O)CN1CC(C)(C)NCC1(C)C. The molecule has 0 aromatic carbocycles. The quantitative estimate of drug-likeness (QED) is 0.732. The van der Waals surface area contributed by atoms with E-state index in [0.717, 1.165) is 13.1 Å². The summed E-state index contributed by atoms with van der Waals surface area (Å²) in [4.78, 5) is 13.7. The van der Waals surface area contributed by atoms with Crippen LogP contribution in [0.25, 0.3) is 0 Å². The molecule has 1 saturated heterocycles. The van der Waals surface area contributed by atoms with Crippen LogP contribution in [0.2, 0.25) is 0 Å². The van der Waals surface area contributed by atoms with Crippen LogP contribution in [-0.2, 0) is 9.53 Å². The number of carbonyl (C=O) groups excluding carboxylic acids is 1. The van der Waals surface area contributed by atoms with Gasteiger partial charge in [-0.25, -0.2) is 0 Å². The van der Waals surface area contributed by atoms with Gasteiger partial charge in [0.15, 0.2) is 0 Å². The maximum Gasteiger partial charge on any atom is 0.320 e. The fourth-order valence-electron chi connectivity index (χ4n) is 1.95. The van der Waals surface area contributed by atoms with Gasteiger partial charge in [-0.1, -0.05) is 0 Å². The van der Waals surface area contributed by atoms with E-state index in [0.29, 0.717) is 13.2 Å². The van der Waals surface area contributed by atoms with Crippen molar-refractivity contribution in [1.29, 1.82) is 0 Å². The molecule has 1 N–H and O–H groups in total. The van der Waals surface area contributed by atoms with Crippen LogP contribution in [0.5, 0.6) is 0 Å². The van der Waals surface area contributed by atoms with Crippen LogP contribution in [0.3, 0.4) is 0 Å². The first-order valence-electron chi connectivity index (χ1n) is 5.92. The van der Waals surface area contributed by atoms with Crippen LogP contribution in [0.1, 0.15) is 34.6 Å². The molecule has 0 aromatic rings. The second kappa shape index (κ2) is 4.72. The molecule has 1 fully saturated rings. The molecule has 4 heteroatoms. The van der Waals surface area contributed by atoms with Crippen LogP contribution in [-0.4, -0.2) is 48.2 Å². The summed E-state index contributed by atoms with van der Waals surface area (Å²) in [5.74, 6) is -0.131. The molecule has 0 atom stereocenters. The van der Waals surface area contributed by atoms with Crippen molar-refractivity contribution in [3.63, 3.8) is 0 Å². The Morgan fingerprint density at radius 3 is 2.56 bits per heavy atom. The number of nitrogens with one attached hydrogen (secondary N) is 1. The number of hydrogen-bond acceptors (Lipinski definition) is 4. The molecule has 1 aliphatic heterocycles. The Balaban J connectivity index is 2.63. The normalized spacial score (nSPS) is 24.1. The topological polar surface area (TPSA) is 41.6 Å². The predicted octanol–water partition coefficient (Wildman–Crippen LogP) is 1.01. The minimum absolute atomic E-state index is 0.00226. The Hall–Kier alpha value is -0.610. The van der Waals surface area contributed by atoms with E-state index in [-0.39, 0.29) is 17.0 Å². The Labute approximate surface area is 98.3 Å². The maximum absolute atomic E-state index is 11.5. The van der Waals surface area contributed by atoms with E-state index in [1.54, 1.807) is 0 Å². The molecule has 0 aliphatic carbocycles. The first-order chi connectivity index (χ1) is 7.27. The average molecular weight is 228 g/mol. The summed E-state index contributed by atoms with van der Waals surface area (Å²) in [6, 6.07) is 0. The van der Waals surface area contributed by atoms with Gasteiger partial charge in [0.1, 0.15) is 0 Å². The lowest BCUT2D eigenvalue weighted by molar-refractivity contribution is -0.147. The van der Waals surface area contributed by atoms with Gasteiger partial charge in [-0.2, -0.15) is 0 Å². The predicted molar refractivity (Wildman–Crippen MR) is 64.4 cm³/mol. The largest absolute Gasteiger partial charge is 0.465 e. The highest BCUT2D eigenvalue weighted by atomic mass is 16.5. The van der Waals surface area contributed by atoms with E-state index in [1.165, 1.54) is 0 Å². The molecule has 0 saturated carbocycles. The third kappa shape index (κ3) is 3.46. The monoisotopic (exact) mass is 228 g/mol. The molecule has 4 nitrogen and oxygen atoms in total. The fourth-order valence-corrected chi connectivity index (χ4v) is 1.95. The molecule has 0 aromatic heterocycles. The van der Waals surface area contributed by atoms with Gasteiger partial charge in [0.25, 0.3) is 0 Å². The highest BCUT2D eigenvalue weighted by molar-refractivity contribution is 5.71. The third-order valence-corrected chi connectivity index (χ3v) is 3.07. The number of piperazine rings is 1. The molecule has 0 amide bonds. The molecule has 0 unspecified atom stereocenters. The van der Waals surface area contributed by atoms with Crippen LogP contribution < -0.4 is 5.32 Å². The summed E-state index contributed by atoms with van der Waals surface area (Å²) >= 11 is 0. The number of nitrogens with zero attached hydrogens (tertiary/aromatic N) is 1. The lowest BCUT2D eigenvalue weighted by atomic mass is 9.91. The van der Waals surface area contributed by atoms with Crippen molar-refractivity contribution in [2.75, 3.05) is 26.2 Å². The van der Waals surface area contributed by atoms with E-state index in [4.69, 9.17) is 4.74 Å². The van der Waals surface area contributed by atoms with Gasteiger partial charge in [0.2, 0.25) is 0 Å². The van der Waals surface area contributed by atoms with Crippen molar-refractivity contribution in [3.05, 3.63) is 0 Å². The molecule has 16 heavy (non-hydrogen) atoms. The minimum Gasteiger partial charge on any atom is -0.465 e. The van der Waals surface area contributed by atoms with Crippen molar-refractivity contribution in [1.82, 2.24) is 10.2 Å². The number of ether oxygens (including phenoxy) is 1. The second-order valence-corrected chi connectivity index (χ2v) is 5.71. The van der Waals surface area contributed by atoms with Gasteiger partial charge in [0.05, 0.1) is 13.2 Å². The van der Waals surface area contributed by atoms with Gasteiger partial charge in [-0.05, 0) is 34.6 Å². The number of rotatable bonds is 3. The molecule has 1 rings (SSSR count). The molecule has 0 spiro atoms. The minimum atomic E-state index is -0.131. The second-order valence-electron chi connectivity index (χ2n) is 5.71. The Kier molecular flexibility index (Phi) is 3.97. The van der Waals surface area contributed by atoms with Crippen molar-refractivity contribution in [3.8, 4) is 0 Å². The van der Waals surface area contributed by atoms with E-state index in [1.807, 2.05) is 6.92 Å². The molecule has 0 radical (unpaired) electrons. The zero-order valence-corrected chi connectivity index (χ0v) is 11.1. The van der Waals surface area contributed by atoms with Crippen molar-refractivity contribution in [2.24, 2.45) is 0 Å². The lowest BCUT2D eigenvalue weighted by Gasteiger charge is -2.49.